The number of amides is 1. The first-order valence-electron chi connectivity index (χ1n) is 8.23. The number of rotatable bonds is 3. The van der Waals surface area contributed by atoms with Crippen molar-refractivity contribution in [1.29, 1.82) is 0 Å². The van der Waals surface area contributed by atoms with Crippen molar-refractivity contribution in [3.63, 3.8) is 0 Å². The van der Waals surface area contributed by atoms with Crippen molar-refractivity contribution in [3.05, 3.63) is 53.9 Å². The van der Waals surface area contributed by atoms with Gasteiger partial charge in [0.2, 0.25) is 0 Å². The average Bonchev–Trinajstić information content (AvgIpc) is 2.64. The highest BCUT2D eigenvalue weighted by Crippen LogP contribution is 2.12. The van der Waals surface area contributed by atoms with E-state index in [2.05, 4.69) is 20.6 Å². The monoisotopic (exact) mass is 478 g/mol. The molecule has 6 nitrogen and oxygen atoms in total. The van der Waals surface area contributed by atoms with Crippen LogP contribution in [-0.2, 0) is 4.74 Å². The Kier molecular flexibility index (Phi) is 10.2. The highest BCUT2D eigenvalue weighted by molar-refractivity contribution is 14.0. The summed E-state index contributed by atoms with van der Waals surface area (Å²) in [5.74, 6) is -0.616. The lowest BCUT2D eigenvalue weighted by Gasteiger charge is -2.10. The normalized spacial score (nSPS) is 13.2. The second kappa shape index (κ2) is 11.9. The zero-order chi connectivity index (χ0) is 18.1. The number of anilines is 1. The molecule has 0 spiro atoms. The molecular weight excluding hydrogens is 450 g/mol. The van der Waals surface area contributed by atoms with Crippen molar-refractivity contribution in [3.8, 4) is 0 Å². The van der Waals surface area contributed by atoms with E-state index in [1.807, 2.05) is 13.8 Å². The molecule has 0 aliphatic carbocycles. The smallest absolute Gasteiger partial charge is 0.275 e. The first kappa shape index (κ1) is 22.4. The third kappa shape index (κ3) is 7.71. The molecule has 0 bridgehead atoms. The maximum atomic E-state index is 13.0. The Morgan fingerprint density at radius 1 is 1.31 bits per heavy atom. The molecule has 8 heteroatoms. The van der Waals surface area contributed by atoms with Crippen LogP contribution in [0.25, 0.3) is 0 Å². The SMILES string of the molecule is C1COCCN1.CC(C)c1cncc(C(=O)Nc2cccc(F)c2)n1.I.[HH].[HH]. The third-order valence-electron chi connectivity index (χ3n) is 3.41. The Morgan fingerprint density at radius 3 is 2.58 bits per heavy atom. The molecular formula is C18H28FIN4O2. The highest BCUT2D eigenvalue weighted by atomic mass is 127. The molecule has 2 heterocycles. The molecule has 26 heavy (non-hydrogen) atoms. The number of morpholine rings is 1. The standard InChI is InChI=1S/C14H14FN3O.C4H9NO.HI.2H2/c1-9(2)12-7-16-8-13(18-12)14(19)17-11-5-3-4-10(15)6-11;1-3-6-4-2-5-1;;;/h3-9H,1-2H3,(H,17,19);5H,1-4H2;3*1H. The first-order valence-corrected chi connectivity index (χ1v) is 8.23. The summed E-state index contributed by atoms with van der Waals surface area (Å²) < 4.78 is 18.0. The minimum Gasteiger partial charge on any atom is -0.379 e. The van der Waals surface area contributed by atoms with Gasteiger partial charge >= 0.3 is 0 Å². The summed E-state index contributed by atoms with van der Waals surface area (Å²) in [6.07, 6.45) is 3.02. The summed E-state index contributed by atoms with van der Waals surface area (Å²) >= 11 is 0. The van der Waals surface area contributed by atoms with E-state index < -0.39 is 11.7 Å². The number of hydrogen-bond donors (Lipinski definition) is 2. The van der Waals surface area contributed by atoms with Crippen LogP contribution in [0.1, 0.15) is 38.8 Å². The van der Waals surface area contributed by atoms with Crippen molar-refractivity contribution in [2.75, 3.05) is 31.6 Å². The van der Waals surface area contributed by atoms with Crippen molar-refractivity contribution in [1.82, 2.24) is 15.3 Å². The van der Waals surface area contributed by atoms with Gasteiger partial charge in [0.15, 0.2) is 0 Å². The molecule has 0 atom stereocenters. The molecule has 2 aromatic rings. The number of ether oxygens (including phenoxy) is 1. The van der Waals surface area contributed by atoms with Crippen LogP contribution < -0.4 is 10.6 Å². The van der Waals surface area contributed by atoms with Gasteiger partial charge < -0.3 is 15.4 Å². The van der Waals surface area contributed by atoms with Gasteiger partial charge in [0.25, 0.3) is 5.91 Å². The number of hydrogen-bond acceptors (Lipinski definition) is 5. The molecule has 1 saturated heterocycles. The van der Waals surface area contributed by atoms with E-state index in [0.717, 1.165) is 32.0 Å². The summed E-state index contributed by atoms with van der Waals surface area (Å²) in [4.78, 5) is 20.2. The van der Waals surface area contributed by atoms with Crippen molar-refractivity contribution >= 4 is 35.6 Å². The van der Waals surface area contributed by atoms with Gasteiger partial charge in [-0.2, -0.15) is 0 Å². The van der Waals surface area contributed by atoms with E-state index in [9.17, 15) is 9.18 Å². The van der Waals surface area contributed by atoms with Gasteiger partial charge in [-0.1, -0.05) is 19.9 Å². The van der Waals surface area contributed by atoms with E-state index in [1.54, 1.807) is 12.3 Å². The Morgan fingerprint density at radius 2 is 2.04 bits per heavy atom. The lowest BCUT2D eigenvalue weighted by Crippen LogP contribution is -2.30. The molecule has 0 radical (unpaired) electrons. The molecule has 1 aliphatic heterocycles. The molecule has 0 unspecified atom stereocenters. The van der Waals surface area contributed by atoms with Gasteiger partial charge in [-0.3, -0.25) is 9.78 Å². The van der Waals surface area contributed by atoms with Crippen LogP contribution >= 0.6 is 24.0 Å². The number of carbonyl (C=O) groups excluding carboxylic acids is 1. The lowest BCUT2D eigenvalue weighted by atomic mass is 10.1. The Bertz CT molecular complexity index is 695. The minimum atomic E-state index is -0.403. The van der Waals surface area contributed by atoms with Gasteiger partial charge in [0.05, 0.1) is 25.1 Å². The second-order valence-corrected chi connectivity index (χ2v) is 5.81. The zero-order valence-electron chi connectivity index (χ0n) is 14.9. The first-order chi connectivity index (χ1) is 12.1. The van der Waals surface area contributed by atoms with E-state index in [1.165, 1.54) is 24.4 Å². The topological polar surface area (TPSA) is 76.1 Å². The minimum absolute atomic E-state index is 0. The van der Waals surface area contributed by atoms with Crippen LogP contribution in [0.5, 0.6) is 0 Å². The van der Waals surface area contributed by atoms with Crippen LogP contribution in [0, 0.1) is 5.82 Å². The summed E-state index contributed by atoms with van der Waals surface area (Å²) in [6, 6.07) is 5.70. The summed E-state index contributed by atoms with van der Waals surface area (Å²) in [5.41, 5.74) is 1.35. The summed E-state index contributed by atoms with van der Waals surface area (Å²) in [5, 5.41) is 5.74. The van der Waals surface area contributed by atoms with E-state index in [4.69, 9.17) is 4.74 Å². The Balaban J connectivity index is 0. The van der Waals surface area contributed by atoms with Crippen LogP contribution in [0.2, 0.25) is 0 Å². The lowest BCUT2D eigenvalue weighted by molar-refractivity contribution is 0.102. The fourth-order valence-corrected chi connectivity index (χ4v) is 2.05. The van der Waals surface area contributed by atoms with Crippen LogP contribution in [0.4, 0.5) is 10.1 Å². The number of halogens is 2. The zero-order valence-corrected chi connectivity index (χ0v) is 17.2. The third-order valence-corrected chi connectivity index (χ3v) is 3.41. The molecule has 1 fully saturated rings. The number of nitrogens with one attached hydrogen (secondary N) is 2. The predicted octanol–water partition coefficient (Wildman–Crippen LogP) is 3.71. The van der Waals surface area contributed by atoms with E-state index in [-0.39, 0.29) is 38.4 Å². The highest BCUT2D eigenvalue weighted by Gasteiger charge is 2.11. The van der Waals surface area contributed by atoms with E-state index in [0.29, 0.717) is 5.69 Å². The molecule has 1 aliphatic rings. The average molecular weight is 478 g/mol. The van der Waals surface area contributed by atoms with Gasteiger partial charge in [-0.25, -0.2) is 9.37 Å². The number of nitrogens with zero attached hydrogens (tertiary/aromatic N) is 2. The Hall–Kier alpha value is -1.65. The number of aromatic nitrogens is 2. The molecule has 1 aromatic carbocycles. The molecule has 1 amide bonds. The van der Waals surface area contributed by atoms with Crippen LogP contribution in [0.15, 0.2) is 36.7 Å². The maximum Gasteiger partial charge on any atom is 0.275 e. The molecule has 0 saturated carbocycles. The van der Waals surface area contributed by atoms with Crippen molar-refractivity contribution in [2.45, 2.75) is 19.8 Å². The van der Waals surface area contributed by atoms with Crippen molar-refractivity contribution in [2.24, 2.45) is 0 Å². The van der Waals surface area contributed by atoms with E-state index >= 15 is 0 Å². The predicted molar refractivity (Wildman–Crippen MR) is 114 cm³/mol. The fourth-order valence-electron chi connectivity index (χ4n) is 2.05. The Labute approximate surface area is 173 Å². The summed E-state index contributed by atoms with van der Waals surface area (Å²) in [6.45, 7) is 7.77. The fraction of sp³-hybridized carbons (Fsp3) is 0.389. The quantitative estimate of drug-likeness (QED) is 0.659. The van der Waals surface area contributed by atoms with Crippen molar-refractivity contribution < 1.29 is 16.8 Å². The van der Waals surface area contributed by atoms with Gasteiger partial charge in [-0.15, -0.1) is 24.0 Å². The second-order valence-electron chi connectivity index (χ2n) is 5.81. The molecule has 2 N–H and O–H groups in total. The van der Waals surface area contributed by atoms with Crippen LogP contribution in [0.3, 0.4) is 0 Å². The number of carbonyl (C=O) groups is 1. The maximum absolute atomic E-state index is 13.0. The van der Waals surface area contributed by atoms with Gasteiger partial charge in [-0.05, 0) is 24.1 Å². The largest absolute Gasteiger partial charge is 0.379 e. The van der Waals surface area contributed by atoms with Crippen LogP contribution in [-0.4, -0.2) is 42.2 Å². The molecule has 146 valence electrons. The van der Waals surface area contributed by atoms with Gasteiger partial charge in [0.1, 0.15) is 11.5 Å². The molecule has 1 aromatic heterocycles. The van der Waals surface area contributed by atoms with Gasteiger partial charge in [0, 0.05) is 27.8 Å². The summed E-state index contributed by atoms with van der Waals surface area (Å²) in [7, 11) is 0. The molecule has 3 rings (SSSR count). The number of benzene rings is 1.